The zero-order valence-corrected chi connectivity index (χ0v) is 9.27. The molecular weight excluding hydrogens is 183 g/mol. The molecule has 0 amide bonds. The molecule has 1 atom stereocenters. The van der Waals surface area contributed by atoms with Crippen LogP contribution in [0.5, 0.6) is 0 Å². The summed E-state index contributed by atoms with van der Waals surface area (Å²) in [6.45, 7) is 5.15. The van der Waals surface area contributed by atoms with Crippen LogP contribution >= 0.6 is 0 Å². The molecular formula is C10H21FN2O. The Kier molecular flexibility index (Phi) is 7.65. The summed E-state index contributed by atoms with van der Waals surface area (Å²) >= 11 is 0. The van der Waals surface area contributed by atoms with Gasteiger partial charge in [-0.3, -0.25) is 15.2 Å². The normalized spacial score (nSPS) is 16.0. The lowest BCUT2D eigenvalue weighted by Gasteiger charge is -2.24. The number of alkyl halides is 1. The second kappa shape index (κ2) is 7.91. The largest absolute Gasteiger partial charge is 0.373 e. The van der Waals surface area contributed by atoms with Crippen LogP contribution in [0.3, 0.4) is 0 Å². The molecule has 1 unspecified atom stereocenters. The van der Waals surface area contributed by atoms with Gasteiger partial charge in [-0.25, -0.2) is 0 Å². The number of nitrogens with one attached hydrogen (secondary N) is 2. The Hall–Kier alpha value is -0.450. The molecule has 0 spiro atoms. The highest BCUT2D eigenvalue weighted by molar-refractivity contribution is 5.00. The molecule has 4 heteroatoms. The first-order chi connectivity index (χ1) is 6.68. The van der Waals surface area contributed by atoms with E-state index in [9.17, 15) is 4.39 Å². The summed E-state index contributed by atoms with van der Waals surface area (Å²) in [6.07, 6.45) is 4.13. The van der Waals surface area contributed by atoms with Crippen LogP contribution in [0.25, 0.3) is 0 Å². The molecule has 0 fully saturated rings. The maximum absolute atomic E-state index is 11.9. The van der Waals surface area contributed by atoms with Crippen LogP contribution in [-0.4, -0.2) is 32.5 Å². The minimum Gasteiger partial charge on any atom is -0.373 e. The van der Waals surface area contributed by atoms with E-state index in [0.29, 0.717) is 13.0 Å². The molecule has 0 bridgehead atoms. The van der Waals surface area contributed by atoms with Crippen molar-refractivity contribution >= 4 is 0 Å². The quantitative estimate of drug-likeness (QED) is 0.356. The lowest BCUT2D eigenvalue weighted by molar-refractivity contribution is 0.0458. The third-order valence-electron chi connectivity index (χ3n) is 1.95. The van der Waals surface area contributed by atoms with Crippen LogP contribution in [0.2, 0.25) is 0 Å². The van der Waals surface area contributed by atoms with Gasteiger partial charge in [0.2, 0.25) is 0 Å². The Morgan fingerprint density at radius 1 is 1.43 bits per heavy atom. The van der Waals surface area contributed by atoms with E-state index in [1.807, 2.05) is 19.9 Å². The number of hydrazine groups is 1. The average molecular weight is 204 g/mol. The van der Waals surface area contributed by atoms with Gasteiger partial charge in [0.15, 0.2) is 0 Å². The Morgan fingerprint density at radius 3 is 2.64 bits per heavy atom. The zero-order valence-electron chi connectivity index (χ0n) is 9.27. The Morgan fingerprint density at radius 2 is 2.14 bits per heavy atom. The maximum atomic E-state index is 11.9. The number of methoxy groups -OCH3 is 1. The summed E-state index contributed by atoms with van der Waals surface area (Å²) in [5, 5.41) is 0. The smallest absolute Gasteiger partial charge is 0.0968 e. The molecule has 0 aliphatic rings. The van der Waals surface area contributed by atoms with Crippen LogP contribution in [0.1, 0.15) is 20.3 Å². The van der Waals surface area contributed by atoms with E-state index in [4.69, 9.17) is 4.74 Å². The molecule has 3 nitrogen and oxygen atoms in total. The first-order valence-corrected chi connectivity index (χ1v) is 4.93. The van der Waals surface area contributed by atoms with E-state index >= 15 is 0 Å². The van der Waals surface area contributed by atoms with Crippen LogP contribution < -0.4 is 10.9 Å². The monoisotopic (exact) mass is 204 g/mol. The van der Waals surface area contributed by atoms with Gasteiger partial charge in [-0.2, -0.15) is 0 Å². The van der Waals surface area contributed by atoms with Gasteiger partial charge in [0.05, 0.1) is 12.3 Å². The second-order valence-electron chi connectivity index (χ2n) is 3.28. The fourth-order valence-electron chi connectivity index (χ4n) is 0.958. The molecule has 0 aliphatic carbocycles. The molecule has 0 rings (SSSR count). The molecule has 0 aromatic heterocycles. The van der Waals surface area contributed by atoms with Crippen LogP contribution in [0.4, 0.5) is 4.39 Å². The minimum absolute atomic E-state index is 0.322. The van der Waals surface area contributed by atoms with Gasteiger partial charge in [-0.05, 0) is 13.3 Å². The van der Waals surface area contributed by atoms with Crippen molar-refractivity contribution in [3.05, 3.63) is 12.2 Å². The molecule has 0 aromatic carbocycles. The third-order valence-corrected chi connectivity index (χ3v) is 1.95. The van der Waals surface area contributed by atoms with Gasteiger partial charge in [-0.1, -0.05) is 19.1 Å². The van der Waals surface area contributed by atoms with E-state index in [2.05, 4.69) is 10.9 Å². The van der Waals surface area contributed by atoms with Crippen molar-refractivity contribution in [2.24, 2.45) is 0 Å². The summed E-state index contributed by atoms with van der Waals surface area (Å²) in [6, 6.07) is 0. The number of rotatable bonds is 8. The summed E-state index contributed by atoms with van der Waals surface area (Å²) < 4.78 is 17.2. The van der Waals surface area contributed by atoms with Gasteiger partial charge in [0, 0.05) is 20.2 Å². The predicted octanol–water partition coefficient (Wildman–Crippen LogP) is 1.42. The molecule has 2 N–H and O–H groups in total. The molecule has 0 heterocycles. The van der Waals surface area contributed by atoms with Crippen molar-refractivity contribution in [2.75, 3.05) is 26.9 Å². The lowest BCUT2D eigenvalue weighted by Crippen LogP contribution is -2.44. The topological polar surface area (TPSA) is 33.3 Å². The lowest BCUT2D eigenvalue weighted by atomic mass is 10.1. The molecule has 0 saturated heterocycles. The van der Waals surface area contributed by atoms with Gasteiger partial charge < -0.3 is 4.74 Å². The fourth-order valence-corrected chi connectivity index (χ4v) is 0.958. The Balaban J connectivity index is 3.90. The first kappa shape index (κ1) is 13.5. The number of halogens is 1. The van der Waals surface area contributed by atoms with Gasteiger partial charge in [0.1, 0.15) is 0 Å². The summed E-state index contributed by atoms with van der Waals surface area (Å²) in [4.78, 5) is 0. The van der Waals surface area contributed by atoms with Crippen LogP contribution in [0, 0.1) is 0 Å². The van der Waals surface area contributed by atoms with E-state index in [0.717, 1.165) is 6.54 Å². The van der Waals surface area contributed by atoms with E-state index < -0.39 is 0 Å². The Labute approximate surface area is 85.7 Å². The number of hydrogen-bond acceptors (Lipinski definition) is 3. The first-order valence-electron chi connectivity index (χ1n) is 4.93. The standard InChI is InChI=1S/C10H21FN2O/c1-4-12-13-9-10(2,14-3)7-5-6-8-11/h5,7,12-13H,4,6,8-9H2,1-3H3/b7-5-. The number of allylic oxidation sites excluding steroid dienone is 1. The van der Waals surface area contributed by atoms with E-state index in [1.165, 1.54) is 0 Å². The minimum atomic E-state index is -0.378. The SMILES string of the molecule is CCNNCC(C)(/C=C\CCF)OC. The highest BCUT2D eigenvalue weighted by Gasteiger charge is 2.18. The number of hydrogen-bond donors (Lipinski definition) is 2. The van der Waals surface area contributed by atoms with Crippen molar-refractivity contribution in [2.45, 2.75) is 25.9 Å². The summed E-state index contributed by atoms with van der Waals surface area (Å²) in [5.41, 5.74) is 5.65. The maximum Gasteiger partial charge on any atom is 0.0968 e. The van der Waals surface area contributed by atoms with Crippen molar-refractivity contribution in [3.63, 3.8) is 0 Å². The average Bonchev–Trinajstić information content (AvgIpc) is 2.19. The Bertz CT molecular complexity index is 164. The predicted molar refractivity (Wildman–Crippen MR) is 56.8 cm³/mol. The molecule has 0 saturated carbocycles. The summed E-state index contributed by atoms with van der Waals surface area (Å²) in [5.74, 6) is 0. The van der Waals surface area contributed by atoms with Crippen LogP contribution in [-0.2, 0) is 4.74 Å². The summed E-state index contributed by atoms with van der Waals surface area (Å²) in [7, 11) is 1.65. The van der Waals surface area contributed by atoms with Gasteiger partial charge >= 0.3 is 0 Å². The van der Waals surface area contributed by atoms with Crippen molar-refractivity contribution in [3.8, 4) is 0 Å². The second-order valence-corrected chi connectivity index (χ2v) is 3.28. The van der Waals surface area contributed by atoms with Crippen LogP contribution in [0.15, 0.2) is 12.2 Å². The van der Waals surface area contributed by atoms with Gasteiger partial charge in [0.25, 0.3) is 0 Å². The third kappa shape index (κ3) is 6.07. The van der Waals surface area contributed by atoms with E-state index in [1.54, 1.807) is 13.2 Å². The molecule has 0 aromatic rings. The highest BCUT2D eigenvalue weighted by Crippen LogP contribution is 2.09. The molecule has 0 radical (unpaired) electrons. The van der Waals surface area contributed by atoms with E-state index in [-0.39, 0.29) is 12.3 Å². The molecule has 14 heavy (non-hydrogen) atoms. The number of ether oxygens (including phenoxy) is 1. The van der Waals surface area contributed by atoms with Crippen molar-refractivity contribution in [1.29, 1.82) is 0 Å². The molecule has 0 aliphatic heterocycles. The zero-order chi connectivity index (χ0) is 10.9. The highest BCUT2D eigenvalue weighted by atomic mass is 19.1. The van der Waals surface area contributed by atoms with Crippen molar-refractivity contribution in [1.82, 2.24) is 10.9 Å². The fraction of sp³-hybridized carbons (Fsp3) is 0.800. The molecule has 84 valence electrons. The van der Waals surface area contributed by atoms with Crippen molar-refractivity contribution < 1.29 is 9.13 Å². The van der Waals surface area contributed by atoms with Gasteiger partial charge in [-0.15, -0.1) is 0 Å².